The molecule has 0 bridgehead atoms. The summed E-state index contributed by atoms with van der Waals surface area (Å²) in [5.74, 6) is -0.187. The zero-order chi connectivity index (χ0) is 21.0. The number of nitriles is 1. The molecule has 1 aliphatic heterocycles. The van der Waals surface area contributed by atoms with Crippen molar-refractivity contribution in [2.75, 3.05) is 36.4 Å². The number of anilines is 2. The average Bonchev–Trinajstić information content (AvgIpc) is 2.73. The number of benzene rings is 2. The molecule has 1 aliphatic rings. The number of nitrogens with one attached hydrogen (secondary N) is 1. The van der Waals surface area contributed by atoms with Gasteiger partial charge in [-0.25, -0.2) is 0 Å². The fourth-order valence-electron chi connectivity index (χ4n) is 3.33. The van der Waals surface area contributed by atoms with Gasteiger partial charge in [0.2, 0.25) is 5.91 Å². The van der Waals surface area contributed by atoms with Gasteiger partial charge in [0.05, 0.1) is 23.2 Å². The van der Waals surface area contributed by atoms with Crippen LogP contribution < -0.4 is 10.2 Å². The van der Waals surface area contributed by atoms with Crippen molar-refractivity contribution in [3.63, 3.8) is 0 Å². The van der Waals surface area contributed by atoms with Crippen LogP contribution in [0.15, 0.2) is 48.5 Å². The first-order valence-electron chi connectivity index (χ1n) is 9.25. The standard InChI is InChI=1S/C21H21F3N4O/c1-15(20(29)26-18-6-2-4-16(12-18)14-25)27-8-10-28(11-9-27)19-7-3-5-17(13-19)21(22,23)24/h2-7,12-13,15H,8-11H2,1H3,(H,26,29)/t15-/m0/s1. The molecule has 1 amide bonds. The highest BCUT2D eigenvalue weighted by Gasteiger charge is 2.31. The summed E-state index contributed by atoms with van der Waals surface area (Å²) in [6, 6.07) is 13.6. The Balaban J connectivity index is 1.58. The first-order chi connectivity index (χ1) is 13.8. The van der Waals surface area contributed by atoms with Gasteiger partial charge in [-0.15, -0.1) is 0 Å². The molecule has 1 N–H and O–H groups in total. The third-order valence-electron chi connectivity index (χ3n) is 5.04. The topological polar surface area (TPSA) is 59.4 Å². The molecule has 2 aromatic rings. The van der Waals surface area contributed by atoms with Gasteiger partial charge in [-0.3, -0.25) is 9.69 Å². The molecule has 0 saturated carbocycles. The zero-order valence-electron chi connectivity index (χ0n) is 15.9. The van der Waals surface area contributed by atoms with Gasteiger partial charge >= 0.3 is 6.18 Å². The third kappa shape index (κ3) is 5.06. The predicted molar refractivity (Wildman–Crippen MR) is 104 cm³/mol. The highest BCUT2D eigenvalue weighted by molar-refractivity contribution is 5.94. The summed E-state index contributed by atoms with van der Waals surface area (Å²) in [6.07, 6.45) is -4.37. The zero-order valence-corrected chi connectivity index (χ0v) is 15.9. The molecule has 0 unspecified atom stereocenters. The van der Waals surface area contributed by atoms with Crippen LogP contribution in [0.4, 0.5) is 24.5 Å². The van der Waals surface area contributed by atoms with Crippen molar-refractivity contribution in [3.05, 3.63) is 59.7 Å². The molecular weight excluding hydrogens is 381 g/mol. The summed E-state index contributed by atoms with van der Waals surface area (Å²) in [4.78, 5) is 16.4. The number of carbonyl (C=O) groups is 1. The van der Waals surface area contributed by atoms with E-state index in [-0.39, 0.29) is 5.91 Å². The van der Waals surface area contributed by atoms with E-state index in [9.17, 15) is 18.0 Å². The smallest absolute Gasteiger partial charge is 0.369 e. The van der Waals surface area contributed by atoms with E-state index in [1.807, 2.05) is 15.9 Å². The molecule has 152 valence electrons. The molecule has 8 heteroatoms. The maximum atomic E-state index is 12.9. The van der Waals surface area contributed by atoms with Crippen LogP contribution in [0.25, 0.3) is 0 Å². The molecule has 5 nitrogen and oxygen atoms in total. The number of nitrogens with zero attached hydrogens (tertiary/aromatic N) is 3. The minimum atomic E-state index is -4.37. The number of carbonyl (C=O) groups excluding carboxylic acids is 1. The number of piperazine rings is 1. The number of halogens is 3. The molecule has 1 atom stereocenters. The normalized spacial score (nSPS) is 16.2. The number of alkyl halides is 3. The van der Waals surface area contributed by atoms with Crippen LogP contribution in [0.5, 0.6) is 0 Å². The largest absolute Gasteiger partial charge is 0.416 e. The molecule has 2 aromatic carbocycles. The Hall–Kier alpha value is -3.05. The van der Waals surface area contributed by atoms with E-state index in [4.69, 9.17) is 5.26 Å². The monoisotopic (exact) mass is 402 g/mol. The Kier molecular flexibility index (Phi) is 6.09. The van der Waals surface area contributed by atoms with E-state index in [0.29, 0.717) is 43.1 Å². The lowest BCUT2D eigenvalue weighted by Gasteiger charge is -2.38. The molecule has 0 aromatic heterocycles. The predicted octanol–water partition coefficient (Wildman–Crippen LogP) is 3.73. The number of hydrogen-bond acceptors (Lipinski definition) is 4. The number of amides is 1. The van der Waals surface area contributed by atoms with Gasteiger partial charge in [0, 0.05) is 37.6 Å². The third-order valence-corrected chi connectivity index (χ3v) is 5.04. The Morgan fingerprint density at radius 3 is 2.45 bits per heavy atom. The number of rotatable bonds is 4. The van der Waals surface area contributed by atoms with Crippen LogP contribution in [0.3, 0.4) is 0 Å². The fourth-order valence-corrected chi connectivity index (χ4v) is 3.33. The molecule has 1 fully saturated rings. The molecule has 29 heavy (non-hydrogen) atoms. The van der Waals surface area contributed by atoms with E-state index in [1.54, 1.807) is 37.3 Å². The van der Waals surface area contributed by atoms with Gasteiger partial charge in [0.25, 0.3) is 0 Å². The summed E-state index contributed by atoms with van der Waals surface area (Å²) in [7, 11) is 0. The Morgan fingerprint density at radius 2 is 1.79 bits per heavy atom. The van der Waals surface area contributed by atoms with E-state index >= 15 is 0 Å². The minimum absolute atomic E-state index is 0.187. The second-order valence-corrected chi connectivity index (χ2v) is 6.93. The first kappa shape index (κ1) is 20.7. The van der Waals surface area contributed by atoms with Crippen molar-refractivity contribution in [2.45, 2.75) is 19.1 Å². The summed E-state index contributed by atoms with van der Waals surface area (Å²) in [5.41, 5.74) is 0.892. The Labute approximate surface area is 167 Å². The van der Waals surface area contributed by atoms with Crippen molar-refractivity contribution in [1.82, 2.24) is 4.90 Å². The van der Waals surface area contributed by atoms with Crippen LogP contribution in [0.2, 0.25) is 0 Å². The van der Waals surface area contributed by atoms with Crippen LogP contribution in [0, 0.1) is 11.3 Å². The second kappa shape index (κ2) is 8.53. The Bertz CT molecular complexity index is 915. The van der Waals surface area contributed by atoms with Crippen LogP contribution in [-0.4, -0.2) is 43.0 Å². The van der Waals surface area contributed by atoms with Crippen molar-refractivity contribution >= 4 is 17.3 Å². The van der Waals surface area contributed by atoms with Crippen LogP contribution in [0.1, 0.15) is 18.1 Å². The molecule has 0 aliphatic carbocycles. The van der Waals surface area contributed by atoms with Gasteiger partial charge in [0.1, 0.15) is 0 Å². The summed E-state index contributed by atoms with van der Waals surface area (Å²) in [6.45, 7) is 3.97. The molecule has 1 saturated heterocycles. The van der Waals surface area contributed by atoms with Gasteiger partial charge in [-0.2, -0.15) is 18.4 Å². The maximum Gasteiger partial charge on any atom is 0.416 e. The lowest BCUT2D eigenvalue weighted by atomic mass is 10.1. The highest BCUT2D eigenvalue weighted by atomic mass is 19.4. The first-order valence-corrected chi connectivity index (χ1v) is 9.25. The SMILES string of the molecule is C[C@@H](C(=O)Nc1cccc(C#N)c1)N1CCN(c2cccc(C(F)(F)F)c2)CC1. The average molecular weight is 402 g/mol. The maximum absolute atomic E-state index is 12.9. The van der Waals surface area contributed by atoms with Gasteiger partial charge in [0.15, 0.2) is 0 Å². The van der Waals surface area contributed by atoms with Gasteiger partial charge in [-0.1, -0.05) is 12.1 Å². The molecule has 0 spiro atoms. The van der Waals surface area contributed by atoms with E-state index < -0.39 is 17.8 Å². The number of hydrogen-bond donors (Lipinski definition) is 1. The molecule has 1 heterocycles. The summed E-state index contributed by atoms with van der Waals surface area (Å²) >= 11 is 0. The Morgan fingerprint density at radius 1 is 1.10 bits per heavy atom. The lowest BCUT2D eigenvalue weighted by molar-refractivity contribution is -0.137. The minimum Gasteiger partial charge on any atom is -0.369 e. The summed E-state index contributed by atoms with van der Waals surface area (Å²) in [5, 5.41) is 11.8. The van der Waals surface area contributed by atoms with Gasteiger partial charge in [-0.05, 0) is 43.3 Å². The van der Waals surface area contributed by atoms with Crippen molar-refractivity contribution in [2.24, 2.45) is 0 Å². The van der Waals surface area contributed by atoms with Gasteiger partial charge < -0.3 is 10.2 Å². The summed E-state index contributed by atoms with van der Waals surface area (Å²) < 4.78 is 38.8. The van der Waals surface area contributed by atoms with Crippen LogP contribution >= 0.6 is 0 Å². The lowest BCUT2D eigenvalue weighted by Crippen LogP contribution is -2.52. The molecule has 3 rings (SSSR count). The van der Waals surface area contributed by atoms with E-state index in [0.717, 1.165) is 12.1 Å². The molecule has 0 radical (unpaired) electrons. The van der Waals surface area contributed by atoms with Crippen molar-refractivity contribution in [3.8, 4) is 6.07 Å². The van der Waals surface area contributed by atoms with Crippen molar-refractivity contribution in [1.29, 1.82) is 5.26 Å². The van der Waals surface area contributed by atoms with Crippen LogP contribution in [-0.2, 0) is 11.0 Å². The van der Waals surface area contributed by atoms with E-state index in [2.05, 4.69) is 5.32 Å². The second-order valence-electron chi connectivity index (χ2n) is 6.93. The van der Waals surface area contributed by atoms with Crippen molar-refractivity contribution < 1.29 is 18.0 Å². The fraction of sp³-hybridized carbons (Fsp3) is 0.333. The molecular formula is C21H21F3N4O. The van der Waals surface area contributed by atoms with E-state index in [1.165, 1.54) is 6.07 Å². The highest BCUT2D eigenvalue weighted by Crippen LogP contribution is 2.32. The quantitative estimate of drug-likeness (QED) is 0.847.